The summed E-state index contributed by atoms with van der Waals surface area (Å²) >= 11 is 0. The number of amides is 1. The second kappa shape index (κ2) is 8.38. The van der Waals surface area contributed by atoms with E-state index in [1.165, 1.54) is 6.07 Å². The lowest BCUT2D eigenvalue weighted by molar-refractivity contribution is 0.0412. The van der Waals surface area contributed by atoms with Crippen LogP contribution in [0.2, 0.25) is 0 Å². The fourth-order valence-corrected chi connectivity index (χ4v) is 4.63. The number of rotatable bonds is 5. The third kappa shape index (κ3) is 4.21. The van der Waals surface area contributed by atoms with E-state index in [1.807, 2.05) is 11.0 Å². The monoisotopic (exact) mass is 413 g/mol. The number of halogens is 1. The fraction of sp³-hybridized carbons (Fsp3) is 0.565. The summed E-state index contributed by atoms with van der Waals surface area (Å²) in [5.74, 6) is 1.36. The SMILES string of the molecule is O=C(c1cc(C2CC2)on1)N1CCC(N2CCC(Oc3ccccc3F)CC2)CC1. The van der Waals surface area contributed by atoms with Gasteiger partial charge in [0.15, 0.2) is 17.3 Å². The highest BCUT2D eigenvalue weighted by Gasteiger charge is 2.33. The zero-order chi connectivity index (χ0) is 20.5. The highest BCUT2D eigenvalue weighted by Crippen LogP contribution is 2.40. The van der Waals surface area contributed by atoms with Gasteiger partial charge in [0.2, 0.25) is 0 Å². The number of carbonyl (C=O) groups excluding carboxylic acids is 1. The summed E-state index contributed by atoms with van der Waals surface area (Å²) in [6, 6.07) is 8.92. The Bertz CT molecular complexity index is 881. The first-order valence-corrected chi connectivity index (χ1v) is 11.1. The third-order valence-electron chi connectivity index (χ3n) is 6.60. The maximum atomic E-state index is 13.8. The molecule has 0 spiro atoms. The summed E-state index contributed by atoms with van der Waals surface area (Å²) in [4.78, 5) is 17.1. The average Bonchev–Trinajstić information content (AvgIpc) is 3.52. The van der Waals surface area contributed by atoms with Crippen LogP contribution in [0.25, 0.3) is 0 Å². The van der Waals surface area contributed by atoms with E-state index in [2.05, 4.69) is 10.1 Å². The highest BCUT2D eigenvalue weighted by atomic mass is 19.1. The maximum absolute atomic E-state index is 13.8. The first-order chi connectivity index (χ1) is 14.7. The van der Waals surface area contributed by atoms with Crippen LogP contribution in [0.4, 0.5) is 4.39 Å². The number of nitrogens with zero attached hydrogens (tertiary/aromatic N) is 3. The summed E-state index contributed by atoms with van der Waals surface area (Å²) in [6.45, 7) is 3.40. The van der Waals surface area contributed by atoms with Crippen LogP contribution >= 0.6 is 0 Å². The van der Waals surface area contributed by atoms with Crippen LogP contribution in [0.5, 0.6) is 5.75 Å². The van der Waals surface area contributed by atoms with E-state index in [4.69, 9.17) is 9.26 Å². The Balaban J connectivity index is 1.08. The van der Waals surface area contributed by atoms with Gasteiger partial charge >= 0.3 is 0 Å². The second-order valence-corrected chi connectivity index (χ2v) is 8.70. The minimum atomic E-state index is -0.298. The zero-order valence-electron chi connectivity index (χ0n) is 17.1. The Morgan fingerprint density at radius 1 is 1.03 bits per heavy atom. The molecule has 1 saturated carbocycles. The van der Waals surface area contributed by atoms with Gasteiger partial charge in [0, 0.05) is 44.2 Å². The molecule has 6 nitrogen and oxygen atoms in total. The van der Waals surface area contributed by atoms with E-state index >= 15 is 0 Å². The third-order valence-corrected chi connectivity index (χ3v) is 6.60. The molecule has 1 aromatic heterocycles. The van der Waals surface area contributed by atoms with Gasteiger partial charge in [-0.05, 0) is 50.7 Å². The van der Waals surface area contributed by atoms with Crippen molar-refractivity contribution in [2.24, 2.45) is 0 Å². The molecule has 0 radical (unpaired) electrons. The van der Waals surface area contributed by atoms with Crippen molar-refractivity contribution < 1.29 is 18.4 Å². The standard InChI is InChI=1S/C23H28FN3O3/c24-19-3-1-2-4-21(19)29-18-9-13-26(14-10-18)17-7-11-27(12-8-17)23(28)20-15-22(30-25-20)16-5-6-16/h1-4,15-18H,5-14H2. The molecule has 2 saturated heterocycles. The summed E-state index contributed by atoms with van der Waals surface area (Å²) in [7, 11) is 0. The minimum Gasteiger partial charge on any atom is -0.487 e. The first-order valence-electron chi connectivity index (χ1n) is 11.1. The lowest BCUT2D eigenvalue weighted by Crippen LogP contribution is -2.50. The number of hydrogen-bond donors (Lipinski definition) is 0. The predicted molar refractivity (Wildman–Crippen MR) is 109 cm³/mol. The van der Waals surface area contributed by atoms with Crippen molar-refractivity contribution in [2.75, 3.05) is 26.2 Å². The molecule has 7 heteroatoms. The van der Waals surface area contributed by atoms with Crippen LogP contribution in [0.15, 0.2) is 34.9 Å². The van der Waals surface area contributed by atoms with E-state index in [0.29, 0.717) is 23.4 Å². The second-order valence-electron chi connectivity index (χ2n) is 8.70. The molecular formula is C23H28FN3O3. The van der Waals surface area contributed by atoms with Crippen molar-refractivity contribution in [3.8, 4) is 5.75 Å². The number of likely N-dealkylation sites (tertiary alicyclic amines) is 2. The van der Waals surface area contributed by atoms with Crippen molar-refractivity contribution in [1.29, 1.82) is 0 Å². The molecule has 1 amide bonds. The molecule has 0 unspecified atom stereocenters. The lowest BCUT2D eigenvalue weighted by Gasteiger charge is -2.41. The Morgan fingerprint density at radius 3 is 2.47 bits per heavy atom. The number of benzene rings is 1. The molecule has 5 rings (SSSR count). The van der Waals surface area contributed by atoms with Gasteiger partial charge in [0.25, 0.3) is 5.91 Å². The molecule has 0 N–H and O–H groups in total. The van der Waals surface area contributed by atoms with Crippen LogP contribution < -0.4 is 4.74 Å². The minimum absolute atomic E-state index is 0.0129. The Hall–Kier alpha value is -2.41. The largest absolute Gasteiger partial charge is 0.487 e. The first kappa shape index (κ1) is 19.5. The zero-order valence-corrected chi connectivity index (χ0v) is 17.1. The van der Waals surface area contributed by atoms with Gasteiger partial charge in [-0.25, -0.2) is 4.39 Å². The molecule has 0 bridgehead atoms. The van der Waals surface area contributed by atoms with Crippen molar-refractivity contribution >= 4 is 5.91 Å². The Morgan fingerprint density at radius 2 is 1.77 bits per heavy atom. The van der Waals surface area contributed by atoms with Crippen molar-refractivity contribution in [2.45, 2.75) is 56.6 Å². The topological polar surface area (TPSA) is 58.8 Å². The fourth-order valence-electron chi connectivity index (χ4n) is 4.63. The number of ether oxygens (including phenoxy) is 1. The van der Waals surface area contributed by atoms with Crippen LogP contribution in [0, 0.1) is 5.82 Å². The Labute approximate surface area is 176 Å². The van der Waals surface area contributed by atoms with Gasteiger partial charge in [-0.2, -0.15) is 0 Å². The Kier molecular flexibility index (Phi) is 5.46. The molecule has 2 aromatic rings. The summed E-state index contributed by atoms with van der Waals surface area (Å²) in [5.41, 5.74) is 0.446. The number of hydrogen-bond acceptors (Lipinski definition) is 5. The molecule has 3 aliphatic rings. The van der Waals surface area contributed by atoms with Crippen molar-refractivity contribution in [1.82, 2.24) is 15.0 Å². The molecule has 30 heavy (non-hydrogen) atoms. The maximum Gasteiger partial charge on any atom is 0.276 e. The van der Waals surface area contributed by atoms with Gasteiger partial charge in [-0.15, -0.1) is 0 Å². The summed E-state index contributed by atoms with van der Waals surface area (Å²) in [6.07, 6.45) is 6.07. The van der Waals surface area contributed by atoms with Gasteiger partial charge in [0.05, 0.1) is 0 Å². The number of para-hydroxylation sites is 1. The van der Waals surface area contributed by atoms with Crippen molar-refractivity contribution in [3.05, 3.63) is 47.6 Å². The molecule has 160 valence electrons. The summed E-state index contributed by atoms with van der Waals surface area (Å²) in [5, 5.41) is 3.99. The smallest absolute Gasteiger partial charge is 0.276 e. The van der Waals surface area contributed by atoms with Crippen LogP contribution in [-0.4, -0.2) is 59.2 Å². The quantitative estimate of drug-likeness (QED) is 0.746. The molecule has 3 fully saturated rings. The van der Waals surface area contributed by atoms with Crippen molar-refractivity contribution in [3.63, 3.8) is 0 Å². The average molecular weight is 413 g/mol. The van der Waals surface area contributed by atoms with E-state index < -0.39 is 0 Å². The van der Waals surface area contributed by atoms with Crippen LogP contribution in [-0.2, 0) is 0 Å². The van der Waals surface area contributed by atoms with E-state index in [9.17, 15) is 9.18 Å². The van der Waals surface area contributed by atoms with E-state index in [1.54, 1.807) is 18.2 Å². The number of carbonyl (C=O) groups is 1. The van der Waals surface area contributed by atoms with Gasteiger partial charge in [0.1, 0.15) is 11.9 Å². The molecule has 1 aliphatic carbocycles. The molecule has 3 heterocycles. The number of piperidine rings is 2. The van der Waals surface area contributed by atoms with Crippen LogP contribution in [0.1, 0.15) is 60.7 Å². The normalized spacial score (nSPS) is 21.7. The molecule has 2 aliphatic heterocycles. The van der Waals surface area contributed by atoms with Gasteiger partial charge < -0.3 is 14.2 Å². The van der Waals surface area contributed by atoms with E-state index in [-0.39, 0.29) is 17.8 Å². The lowest BCUT2D eigenvalue weighted by atomic mass is 9.98. The predicted octanol–water partition coefficient (Wildman–Crippen LogP) is 3.84. The number of aromatic nitrogens is 1. The van der Waals surface area contributed by atoms with Crippen LogP contribution in [0.3, 0.4) is 0 Å². The van der Waals surface area contributed by atoms with Gasteiger partial charge in [-0.3, -0.25) is 9.69 Å². The van der Waals surface area contributed by atoms with Gasteiger partial charge in [-0.1, -0.05) is 17.3 Å². The highest BCUT2D eigenvalue weighted by molar-refractivity contribution is 5.92. The molecule has 0 atom stereocenters. The molecular weight excluding hydrogens is 385 g/mol. The van der Waals surface area contributed by atoms with E-state index in [0.717, 1.165) is 70.5 Å². The molecule has 1 aromatic carbocycles. The summed E-state index contributed by atoms with van der Waals surface area (Å²) < 4.78 is 25.0.